The van der Waals surface area contributed by atoms with E-state index in [0.717, 1.165) is 26.7 Å². The molecule has 180 valence electrons. The summed E-state index contributed by atoms with van der Waals surface area (Å²) in [5.74, 6) is -1.68. The van der Waals surface area contributed by atoms with Gasteiger partial charge in [0.1, 0.15) is 18.7 Å². The van der Waals surface area contributed by atoms with Crippen LogP contribution in [0.25, 0.3) is 0 Å². The van der Waals surface area contributed by atoms with Gasteiger partial charge in [0.15, 0.2) is 0 Å². The highest BCUT2D eigenvalue weighted by atomic mass is 79.9. The Bertz CT molecular complexity index is 1220. The van der Waals surface area contributed by atoms with E-state index in [1.54, 1.807) is 6.07 Å². The second-order valence-electron chi connectivity index (χ2n) is 8.35. The molecule has 2 N–H and O–H groups in total. The van der Waals surface area contributed by atoms with E-state index in [2.05, 4.69) is 21.2 Å². The minimum atomic E-state index is -1.15. The topological polar surface area (TPSA) is 95.9 Å². The van der Waals surface area contributed by atoms with Crippen molar-refractivity contribution in [2.45, 2.75) is 38.1 Å². The van der Waals surface area contributed by atoms with Gasteiger partial charge in [0.05, 0.1) is 6.54 Å². The lowest BCUT2D eigenvalue weighted by atomic mass is 9.93. The molecule has 0 unspecified atom stereocenters. The molecule has 0 radical (unpaired) electrons. The Kier molecular flexibility index (Phi) is 7.82. The molecule has 35 heavy (non-hydrogen) atoms. The highest BCUT2D eigenvalue weighted by molar-refractivity contribution is 9.10. The van der Waals surface area contributed by atoms with Gasteiger partial charge in [-0.2, -0.15) is 0 Å². The number of carbonyl (C=O) groups excluding carboxylic acids is 2. The number of carboxylic acid groups (broad SMARTS) is 1. The Hall–Kier alpha value is -3.65. The number of fused-ring (bicyclic) bond motifs is 1. The molecule has 1 aliphatic heterocycles. The number of aliphatic carboxylic acids is 1. The van der Waals surface area contributed by atoms with Gasteiger partial charge in [-0.1, -0.05) is 88.7 Å². The number of carbonyl (C=O) groups is 3. The van der Waals surface area contributed by atoms with Crippen LogP contribution < -0.4 is 5.32 Å². The summed E-state index contributed by atoms with van der Waals surface area (Å²) in [5.41, 5.74) is 3.46. The number of hydrogen-bond acceptors (Lipinski definition) is 4. The molecule has 0 aliphatic carbocycles. The molecule has 3 aromatic rings. The van der Waals surface area contributed by atoms with Gasteiger partial charge in [0.25, 0.3) is 0 Å². The SMILES string of the molecule is O=C(O)[C@H](Cc1ccccc1Br)NC(=O)[C@@H]1Cc2ccccc2CN1C(=O)OCc1ccccc1. The highest BCUT2D eigenvalue weighted by Gasteiger charge is 2.37. The highest BCUT2D eigenvalue weighted by Crippen LogP contribution is 2.25. The fraction of sp³-hybridized carbons (Fsp3) is 0.222. The molecule has 0 bridgehead atoms. The first-order valence-electron chi connectivity index (χ1n) is 11.2. The van der Waals surface area contributed by atoms with Crippen LogP contribution in [0.15, 0.2) is 83.3 Å². The normalized spacial score (nSPS) is 15.6. The molecule has 2 amide bonds. The minimum Gasteiger partial charge on any atom is -0.480 e. The summed E-state index contributed by atoms with van der Waals surface area (Å²) in [6, 6.07) is 22.1. The summed E-state index contributed by atoms with van der Waals surface area (Å²) in [6.45, 7) is 0.274. The fourth-order valence-electron chi connectivity index (χ4n) is 4.10. The third-order valence-corrected chi connectivity index (χ3v) is 6.76. The van der Waals surface area contributed by atoms with Crippen molar-refractivity contribution in [3.05, 3.63) is 106 Å². The number of rotatable bonds is 7. The molecule has 1 heterocycles. The van der Waals surface area contributed by atoms with E-state index >= 15 is 0 Å². The molecule has 3 aromatic carbocycles. The van der Waals surface area contributed by atoms with Gasteiger partial charge >= 0.3 is 12.1 Å². The number of carboxylic acids is 1. The number of ether oxygens (including phenoxy) is 1. The van der Waals surface area contributed by atoms with E-state index in [-0.39, 0.29) is 26.0 Å². The van der Waals surface area contributed by atoms with E-state index in [9.17, 15) is 19.5 Å². The standard InChI is InChI=1S/C27H25BrN2O5/c28-22-13-7-6-11-20(22)14-23(26(32)33)29-25(31)24-15-19-10-4-5-12-21(19)16-30(24)27(34)35-17-18-8-2-1-3-9-18/h1-13,23-24H,14-17H2,(H,29,31)(H,32,33)/t23-,24-/m0/s1. The monoisotopic (exact) mass is 536 g/mol. The second kappa shape index (κ2) is 11.2. The molecule has 0 fully saturated rings. The Balaban J connectivity index is 1.52. The van der Waals surface area contributed by atoms with Crippen LogP contribution in [0, 0.1) is 0 Å². The number of halogens is 1. The van der Waals surface area contributed by atoms with Crippen molar-refractivity contribution in [1.29, 1.82) is 0 Å². The zero-order chi connectivity index (χ0) is 24.8. The fourth-order valence-corrected chi connectivity index (χ4v) is 4.55. The van der Waals surface area contributed by atoms with Gasteiger partial charge in [-0.15, -0.1) is 0 Å². The minimum absolute atomic E-state index is 0.0753. The summed E-state index contributed by atoms with van der Waals surface area (Å²) >= 11 is 3.42. The quantitative estimate of drug-likeness (QED) is 0.468. The molecule has 8 heteroatoms. The maximum absolute atomic E-state index is 13.4. The Morgan fingerprint density at radius 2 is 1.63 bits per heavy atom. The number of benzene rings is 3. The summed E-state index contributed by atoms with van der Waals surface area (Å²) in [6.07, 6.45) is -0.255. The zero-order valence-electron chi connectivity index (χ0n) is 18.9. The molecule has 0 spiro atoms. The number of nitrogens with one attached hydrogen (secondary N) is 1. The van der Waals surface area contributed by atoms with Crippen molar-refractivity contribution in [3.8, 4) is 0 Å². The summed E-state index contributed by atoms with van der Waals surface area (Å²) < 4.78 is 6.27. The third kappa shape index (κ3) is 6.08. The van der Waals surface area contributed by atoms with Gasteiger partial charge in [-0.3, -0.25) is 9.69 Å². The average molecular weight is 537 g/mol. The zero-order valence-corrected chi connectivity index (χ0v) is 20.5. The first-order chi connectivity index (χ1) is 16.9. The third-order valence-electron chi connectivity index (χ3n) is 5.99. The van der Waals surface area contributed by atoms with Crippen LogP contribution in [-0.4, -0.2) is 40.1 Å². The van der Waals surface area contributed by atoms with Gasteiger partial charge in [0, 0.05) is 17.3 Å². The van der Waals surface area contributed by atoms with Crippen LogP contribution in [0.4, 0.5) is 4.79 Å². The Labute approximate surface area is 211 Å². The lowest BCUT2D eigenvalue weighted by Crippen LogP contribution is -2.56. The van der Waals surface area contributed by atoms with Crippen molar-refractivity contribution in [3.63, 3.8) is 0 Å². The first-order valence-corrected chi connectivity index (χ1v) is 12.0. The van der Waals surface area contributed by atoms with Crippen LogP contribution in [0.3, 0.4) is 0 Å². The molecule has 4 rings (SSSR count). The van der Waals surface area contributed by atoms with E-state index in [0.29, 0.717) is 0 Å². The van der Waals surface area contributed by atoms with Crippen molar-refractivity contribution in [2.24, 2.45) is 0 Å². The van der Waals surface area contributed by atoms with E-state index < -0.39 is 30.1 Å². The maximum Gasteiger partial charge on any atom is 0.411 e. The van der Waals surface area contributed by atoms with Crippen LogP contribution in [-0.2, 0) is 40.3 Å². The van der Waals surface area contributed by atoms with Crippen LogP contribution in [0.2, 0.25) is 0 Å². The summed E-state index contributed by atoms with van der Waals surface area (Å²) in [4.78, 5) is 39.7. The van der Waals surface area contributed by atoms with Crippen molar-refractivity contribution >= 4 is 33.9 Å². The van der Waals surface area contributed by atoms with E-state index in [1.807, 2.05) is 72.8 Å². The van der Waals surface area contributed by atoms with Crippen molar-refractivity contribution in [2.75, 3.05) is 0 Å². The van der Waals surface area contributed by atoms with E-state index in [1.165, 1.54) is 4.90 Å². The lowest BCUT2D eigenvalue weighted by Gasteiger charge is -2.35. The van der Waals surface area contributed by atoms with Gasteiger partial charge in [-0.25, -0.2) is 9.59 Å². The predicted molar refractivity (Wildman–Crippen MR) is 134 cm³/mol. The van der Waals surface area contributed by atoms with Crippen molar-refractivity contribution < 1.29 is 24.2 Å². The molecule has 0 saturated heterocycles. The second-order valence-corrected chi connectivity index (χ2v) is 9.21. The van der Waals surface area contributed by atoms with Crippen LogP contribution >= 0.6 is 15.9 Å². The largest absolute Gasteiger partial charge is 0.480 e. The number of amides is 2. The van der Waals surface area contributed by atoms with Crippen LogP contribution in [0.1, 0.15) is 22.3 Å². The average Bonchev–Trinajstić information content (AvgIpc) is 2.87. The van der Waals surface area contributed by atoms with Crippen molar-refractivity contribution in [1.82, 2.24) is 10.2 Å². The summed E-state index contributed by atoms with van der Waals surface area (Å²) in [7, 11) is 0. The van der Waals surface area contributed by atoms with Crippen LogP contribution in [0.5, 0.6) is 0 Å². The molecular weight excluding hydrogens is 512 g/mol. The van der Waals surface area contributed by atoms with Gasteiger partial charge < -0.3 is 15.2 Å². The maximum atomic E-state index is 13.4. The number of nitrogens with zero attached hydrogens (tertiary/aromatic N) is 1. The van der Waals surface area contributed by atoms with E-state index in [4.69, 9.17) is 4.74 Å². The van der Waals surface area contributed by atoms with Gasteiger partial charge in [0.2, 0.25) is 5.91 Å². The molecule has 0 saturated carbocycles. The molecular formula is C27H25BrN2O5. The molecule has 7 nitrogen and oxygen atoms in total. The Morgan fingerprint density at radius 1 is 0.971 bits per heavy atom. The lowest BCUT2D eigenvalue weighted by molar-refractivity contribution is -0.142. The summed E-state index contributed by atoms with van der Waals surface area (Å²) in [5, 5.41) is 12.4. The first kappa shape index (κ1) is 24.5. The number of hydrogen-bond donors (Lipinski definition) is 2. The molecule has 2 atom stereocenters. The smallest absolute Gasteiger partial charge is 0.411 e. The Morgan fingerprint density at radius 3 is 2.34 bits per heavy atom. The predicted octanol–water partition coefficient (Wildman–Crippen LogP) is 4.32. The van der Waals surface area contributed by atoms with Gasteiger partial charge in [-0.05, 0) is 28.3 Å². The molecule has 1 aliphatic rings. The molecule has 0 aromatic heterocycles.